The van der Waals surface area contributed by atoms with E-state index in [1.165, 1.54) is 0 Å². The molecular formula is C21H21ClN4O2. The fourth-order valence-electron chi connectivity index (χ4n) is 2.67. The van der Waals surface area contributed by atoms with E-state index in [1.807, 2.05) is 18.2 Å². The SMILES string of the molecule is Cc1nc(NCC(C)O)ccc1C(=O)Nc1ccc(Cl)c(-c2ccccn2)c1. The number of aliphatic hydroxyl groups is 1. The monoisotopic (exact) mass is 396 g/mol. The molecule has 0 aliphatic carbocycles. The Morgan fingerprint density at radius 2 is 2.04 bits per heavy atom. The average Bonchev–Trinajstić information content (AvgIpc) is 2.68. The first kappa shape index (κ1) is 19.8. The molecule has 0 saturated carbocycles. The Bertz CT molecular complexity index is 977. The maximum atomic E-state index is 12.7. The second kappa shape index (κ2) is 8.82. The van der Waals surface area contributed by atoms with Gasteiger partial charge in [-0.1, -0.05) is 17.7 Å². The molecule has 2 heterocycles. The maximum absolute atomic E-state index is 12.7. The number of benzene rings is 1. The largest absolute Gasteiger partial charge is 0.392 e. The number of carbonyl (C=O) groups is 1. The van der Waals surface area contributed by atoms with Crippen molar-refractivity contribution in [1.82, 2.24) is 9.97 Å². The molecule has 1 aromatic carbocycles. The number of hydrogen-bond acceptors (Lipinski definition) is 5. The van der Waals surface area contributed by atoms with Crippen LogP contribution in [0.3, 0.4) is 0 Å². The lowest BCUT2D eigenvalue weighted by Crippen LogP contribution is -2.18. The number of aryl methyl sites for hydroxylation is 1. The molecule has 1 atom stereocenters. The Morgan fingerprint density at radius 1 is 1.21 bits per heavy atom. The highest BCUT2D eigenvalue weighted by Gasteiger charge is 2.13. The molecule has 0 aliphatic rings. The highest BCUT2D eigenvalue weighted by atomic mass is 35.5. The Labute approximate surface area is 168 Å². The second-order valence-electron chi connectivity index (χ2n) is 6.42. The number of rotatable bonds is 6. The van der Waals surface area contributed by atoms with E-state index in [2.05, 4.69) is 20.6 Å². The first-order valence-corrected chi connectivity index (χ1v) is 9.23. The summed E-state index contributed by atoms with van der Waals surface area (Å²) in [5.74, 6) is 0.347. The first-order chi connectivity index (χ1) is 13.4. The number of carbonyl (C=O) groups excluding carboxylic acids is 1. The topological polar surface area (TPSA) is 87.1 Å². The van der Waals surface area contributed by atoms with E-state index in [4.69, 9.17) is 11.6 Å². The summed E-state index contributed by atoms with van der Waals surface area (Å²) < 4.78 is 0. The molecule has 1 amide bonds. The molecule has 3 rings (SSSR count). The van der Waals surface area contributed by atoms with Gasteiger partial charge in [0.1, 0.15) is 5.82 Å². The fraction of sp³-hybridized carbons (Fsp3) is 0.190. The highest BCUT2D eigenvalue weighted by Crippen LogP contribution is 2.29. The van der Waals surface area contributed by atoms with E-state index in [-0.39, 0.29) is 5.91 Å². The van der Waals surface area contributed by atoms with Crippen LogP contribution in [0.15, 0.2) is 54.7 Å². The highest BCUT2D eigenvalue weighted by molar-refractivity contribution is 6.33. The van der Waals surface area contributed by atoms with Gasteiger partial charge < -0.3 is 15.7 Å². The third-order valence-corrected chi connectivity index (χ3v) is 4.40. The van der Waals surface area contributed by atoms with Crippen molar-refractivity contribution in [2.45, 2.75) is 20.0 Å². The maximum Gasteiger partial charge on any atom is 0.257 e. The van der Waals surface area contributed by atoms with Crippen LogP contribution in [0.1, 0.15) is 23.0 Å². The summed E-state index contributed by atoms with van der Waals surface area (Å²) in [7, 11) is 0. The molecule has 0 saturated heterocycles. The molecule has 0 radical (unpaired) electrons. The van der Waals surface area contributed by atoms with Crippen LogP contribution in [-0.2, 0) is 0 Å². The number of nitrogens with one attached hydrogen (secondary N) is 2. The third-order valence-electron chi connectivity index (χ3n) is 4.07. The lowest BCUT2D eigenvalue weighted by atomic mass is 10.1. The molecule has 3 aromatic rings. The van der Waals surface area contributed by atoms with Crippen molar-refractivity contribution in [2.75, 3.05) is 17.2 Å². The molecule has 7 heteroatoms. The Morgan fingerprint density at radius 3 is 2.71 bits per heavy atom. The Hall–Kier alpha value is -2.96. The summed E-state index contributed by atoms with van der Waals surface area (Å²) >= 11 is 6.29. The number of pyridine rings is 2. The predicted octanol–water partition coefficient (Wildman–Crippen LogP) is 4.15. The van der Waals surface area contributed by atoms with Gasteiger partial charge in [0.2, 0.25) is 0 Å². The summed E-state index contributed by atoms with van der Waals surface area (Å²) in [6.45, 7) is 3.84. The normalized spacial score (nSPS) is 11.7. The van der Waals surface area contributed by atoms with Crippen molar-refractivity contribution in [3.63, 3.8) is 0 Å². The van der Waals surface area contributed by atoms with Gasteiger partial charge in [0.25, 0.3) is 5.91 Å². The molecule has 6 nitrogen and oxygen atoms in total. The van der Waals surface area contributed by atoms with Crippen molar-refractivity contribution < 1.29 is 9.90 Å². The molecule has 0 bridgehead atoms. The number of halogens is 1. The summed E-state index contributed by atoms with van der Waals surface area (Å²) in [5.41, 5.74) is 3.15. The van der Waals surface area contributed by atoms with E-state index in [9.17, 15) is 9.90 Å². The van der Waals surface area contributed by atoms with Gasteiger partial charge in [-0.2, -0.15) is 0 Å². The smallest absolute Gasteiger partial charge is 0.257 e. The van der Waals surface area contributed by atoms with Gasteiger partial charge in [0, 0.05) is 24.0 Å². The zero-order chi connectivity index (χ0) is 20.1. The number of amides is 1. The number of anilines is 2. The van der Waals surface area contributed by atoms with E-state index >= 15 is 0 Å². The lowest BCUT2D eigenvalue weighted by molar-refractivity contribution is 0.102. The van der Waals surface area contributed by atoms with Gasteiger partial charge in [-0.05, 0) is 56.3 Å². The summed E-state index contributed by atoms with van der Waals surface area (Å²) in [4.78, 5) is 21.4. The zero-order valence-corrected chi connectivity index (χ0v) is 16.4. The number of hydrogen-bond donors (Lipinski definition) is 3. The van der Waals surface area contributed by atoms with Crippen LogP contribution in [-0.4, -0.2) is 33.6 Å². The minimum Gasteiger partial charge on any atom is -0.392 e. The second-order valence-corrected chi connectivity index (χ2v) is 6.83. The van der Waals surface area contributed by atoms with Gasteiger partial charge in [0.15, 0.2) is 0 Å². The van der Waals surface area contributed by atoms with Crippen LogP contribution in [0.4, 0.5) is 11.5 Å². The Kier molecular flexibility index (Phi) is 6.23. The van der Waals surface area contributed by atoms with Gasteiger partial charge in [-0.3, -0.25) is 9.78 Å². The van der Waals surface area contributed by atoms with Crippen molar-refractivity contribution in [3.05, 3.63) is 71.0 Å². The average molecular weight is 397 g/mol. The molecule has 3 N–H and O–H groups in total. The standard InChI is InChI=1S/C21H21ClN4O2/c1-13(27)12-24-20-9-7-16(14(2)25-20)21(28)26-15-6-8-18(22)17(11-15)19-5-3-4-10-23-19/h3-11,13,27H,12H2,1-2H3,(H,24,25)(H,26,28). The Balaban J connectivity index is 1.78. The number of aliphatic hydroxyl groups excluding tert-OH is 1. The number of aromatic nitrogens is 2. The van der Waals surface area contributed by atoms with Gasteiger partial charge in [0.05, 0.1) is 28.1 Å². The van der Waals surface area contributed by atoms with Gasteiger partial charge in [-0.25, -0.2) is 4.98 Å². The number of nitrogens with zero attached hydrogens (tertiary/aromatic N) is 2. The minimum atomic E-state index is -0.483. The molecule has 0 spiro atoms. The minimum absolute atomic E-state index is 0.263. The molecule has 28 heavy (non-hydrogen) atoms. The predicted molar refractivity (Wildman–Crippen MR) is 112 cm³/mol. The lowest BCUT2D eigenvalue weighted by Gasteiger charge is -2.12. The van der Waals surface area contributed by atoms with Crippen molar-refractivity contribution in [3.8, 4) is 11.3 Å². The third kappa shape index (κ3) is 4.85. The van der Waals surface area contributed by atoms with Gasteiger partial charge >= 0.3 is 0 Å². The van der Waals surface area contributed by atoms with E-state index in [1.54, 1.807) is 50.4 Å². The van der Waals surface area contributed by atoms with Crippen molar-refractivity contribution in [2.24, 2.45) is 0 Å². The molecule has 0 fully saturated rings. The zero-order valence-electron chi connectivity index (χ0n) is 15.6. The van der Waals surface area contributed by atoms with Gasteiger partial charge in [-0.15, -0.1) is 0 Å². The first-order valence-electron chi connectivity index (χ1n) is 8.86. The molecular weight excluding hydrogens is 376 g/mol. The van der Waals surface area contributed by atoms with E-state index in [0.29, 0.717) is 34.3 Å². The molecule has 2 aromatic heterocycles. The summed E-state index contributed by atoms with van der Waals surface area (Å²) in [6, 6.07) is 14.3. The van der Waals surface area contributed by atoms with Crippen molar-refractivity contribution >= 4 is 29.0 Å². The van der Waals surface area contributed by atoms with Crippen LogP contribution < -0.4 is 10.6 Å². The molecule has 144 valence electrons. The van der Waals surface area contributed by atoms with Crippen LogP contribution in [0.2, 0.25) is 5.02 Å². The molecule has 0 aliphatic heterocycles. The summed E-state index contributed by atoms with van der Waals surface area (Å²) in [5, 5.41) is 15.8. The summed E-state index contributed by atoms with van der Waals surface area (Å²) in [6.07, 6.45) is 1.21. The van der Waals surface area contributed by atoms with Crippen molar-refractivity contribution in [1.29, 1.82) is 0 Å². The van der Waals surface area contributed by atoms with Crippen LogP contribution in [0.25, 0.3) is 11.3 Å². The quantitative estimate of drug-likeness (QED) is 0.582. The fourth-order valence-corrected chi connectivity index (χ4v) is 2.89. The van der Waals surface area contributed by atoms with E-state index < -0.39 is 6.10 Å². The van der Waals surface area contributed by atoms with Crippen LogP contribution in [0, 0.1) is 6.92 Å². The van der Waals surface area contributed by atoms with E-state index in [0.717, 1.165) is 11.3 Å². The molecule has 1 unspecified atom stereocenters. The van der Waals surface area contributed by atoms with Crippen LogP contribution >= 0.6 is 11.6 Å². The van der Waals surface area contributed by atoms with Crippen LogP contribution in [0.5, 0.6) is 0 Å².